The summed E-state index contributed by atoms with van der Waals surface area (Å²) >= 11 is 12.4. The first-order chi connectivity index (χ1) is 18.1. The third-order valence-corrected chi connectivity index (χ3v) is 8.82. The highest BCUT2D eigenvalue weighted by atomic mass is 35.5. The Morgan fingerprint density at radius 2 is 1.46 bits per heavy atom. The van der Waals surface area contributed by atoms with E-state index >= 15 is 0 Å². The number of anilines is 1. The van der Waals surface area contributed by atoms with Crippen molar-refractivity contribution in [3.63, 3.8) is 0 Å². The number of halogens is 2. The number of nitrogens with zero attached hydrogens (tertiary/aromatic N) is 1. The molecule has 4 aromatic carbocycles. The Balaban J connectivity index is 1.49. The second-order valence-electron chi connectivity index (χ2n) is 8.31. The average Bonchev–Trinajstić information content (AvgIpc) is 2.93. The molecule has 0 saturated heterocycles. The maximum atomic E-state index is 13.1. The molecule has 1 N–H and O–H groups in total. The van der Waals surface area contributed by atoms with Crippen LogP contribution in [0.1, 0.15) is 10.4 Å². The van der Waals surface area contributed by atoms with Crippen LogP contribution in [0.4, 0.5) is 5.69 Å². The lowest BCUT2D eigenvalue weighted by Gasteiger charge is -2.20. The molecule has 0 saturated carbocycles. The molecular weight excluding hydrogens is 523 g/mol. The van der Waals surface area contributed by atoms with Gasteiger partial charge < -0.3 is 10.1 Å². The largest absolute Gasteiger partial charge is 0.447 e. The molecule has 1 aromatic heterocycles. The van der Waals surface area contributed by atoms with Crippen molar-refractivity contribution in [1.29, 1.82) is 0 Å². The molecule has 2 heterocycles. The van der Waals surface area contributed by atoms with E-state index in [0.717, 1.165) is 37.3 Å². The lowest BCUT2D eigenvalue weighted by molar-refractivity contribution is 0.102. The van der Waals surface area contributed by atoms with Gasteiger partial charge in [-0.3, -0.25) is 4.79 Å². The number of carbonyl (C=O) groups excluding carboxylic acids is 1. The monoisotopic (exact) mass is 541 g/mol. The Morgan fingerprint density at radius 3 is 2.14 bits per heavy atom. The van der Waals surface area contributed by atoms with Gasteiger partial charge in [0.25, 0.3) is 5.91 Å². The van der Waals surface area contributed by atoms with Crippen LogP contribution in [0.25, 0.3) is 11.1 Å². The van der Waals surface area contributed by atoms with Crippen LogP contribution in [0.2, 0.25) is 10.2 Å². The van der Waals surface area contributed by atoms with E-state index in [1.54, 1.807) is 18.3 Å². The standard InChI is InChI=1S/C30H18Cl2N2O2S/c31-20-13-11-19(12-14-20)23-18-21(15-16-24(23)34-30(35)22-6-5-17-33-29(22)32)37-27-9-3-1-7-25(27)36-26-8-2-4-10-28(26)37/h1-18H/p+1. The molecule has 0 bridgehead atoms. The van der Waals surface area contributed by atoms with Crippen LogP contribution in [0.3, 0.4) is 0 Å². The van der Waals surface area contributed by atoms with E-state index in [0.29, 0.717) is 16.3 Å². The topological polar surface area (TPSA) is 51.2 Å². The molecule has 0 aliphatic carbocycles. The fourth-order valence-electron chi connectivity index (χ4n) is 4.27. The molecule has 0 fully saturated rings. The minimum Gasteiger partial charge on any atom is -0.447 e. The van der Waals surface area contributed by atoms with Gasteiger partial charge in [-0.1, -0.05) is 59.6 Å². The van der Waals surface area contributed by atoms with Crippen LogP contribution < -0.4 is 10.1 Å². The number of rotatable bonds is 4. The van der Waals surface area contributed by atoms with Crippen LogP contribution in [0, 0.1) is 0 Å². The van der Waals surface area contributed by atoms with E-state index < -0.39 is 10.9 Å². The Kier molecular flexibility index (Phi) is 6.35. The first-order valence-electron chi connectivity index (χ1n) is 11.5. The molecule has 0 unspecified atom stereocenters. The quantitative estimate of drug-likeness (QED) is 0.180. The molecule has 6 rings (SSSR count). The predicted molar refractivity (Wildman–Crippen MR) is 149 cm³/mol. The van der Waals surface area contributed by atoms with Gasteiger partial charge in [0.1, 0.15) is 16.0 Å². The van der Waals surface area contributed by atoms with Crippen LogP contribution in [0.15, 0.2) is 124 Å². The highest BCUT2D eigenvalue weighted by Gasteiger charge is 2.39. The van der Waals surface area contributed by atoms with E-state index in [9.17, 15) is 4.79 Å². The average molecular weight is 542 g/mol. The van der Waals surface area contributed by atoms with Gasteiger partial charge >= 0.3 is 0 Å². The van der Waals surface area contributed by atoms with Crippen LogP contribution in [-0.4, -0.2) is 10.9 Å². The first kappa shape index (κ1) is 23.6. The van der Waals surface area contributed by atoms with Crippen molar-refractivity contribution in [2.24, 2.45) is 0 Å². The number of fused-ring (bicyclic) bond motifs is 2. The summed E-state index contributed by atoms with van der Waals surface area (Å²) in [6.45, 7) is 0. The SMILES string of the molecule is O=C(Nc1ccc([S+]2c3ccccc3Oc3ccccc32)cc1-c1ccc(Cl)cc1)c1cccnc1Cl. The van der Waals surface area contributed by atoms with Gasteiger partial charge in [-0.15, -0.1) is 0 Å². The van der Waals surface area contributed by atoms with E-state index in [-0.39, 0.29) is 11.1 Å². The molecule has 0 spiro atoms. The number of hydrogen-bond acceptors (Lipinski definition) is 3. The van der Waals surface area contributed by atoms with Gasteiger partial charge in [0.2, 0.25) is 9.79 Å². The normalized spacial score (nSPS) is 12.3. The minimum absolute atomic E-state index is 0.154. The summed E-state index contributed by atoms with van der Waals surface area (Å²) in [7, 11) is -0.402. The fourth-order valence-corrected chi connectivity index (χ4v) is 6.84. The zero-order valence-electron chi connectivity index (χ0n) is 19.3. The predicted octanol–water partition coefficient (Wildman–Crippen LogP) is 8.51. The molecule has 1 aliphatic heterocycles. The summed E-state index contributed by atoms with van der Waals surface area (Å²) in [5.41, 5.74) is 2.77. The maximum absolute atomic E-state index is 13.1. The van der Waals surface area contributed by atoms with Crippen molar-refractivity contribution < 1.29 is 9.53 Å². The molecule has 4 nitrogen and oxygen atoms in total. The molecule has 1 amide bonds. The molecule has 1 aliphatic rings. The number of nitrogens with one attached hydrogen (secondary N) is 1. The third kappa shape index (κ3) is 4.58. The minimum atomic E-state index is -0.402. The second kappa shape index (κ2) is 9.94. The Bertz CT molecular complexity index is 1590. The Labute approximate surface area is 227 Å². The summed E-state index contributed by atoms with van der Waals surface area (Å²) in [6.07, 6.45) is 1.55. The number of hydrogen-bond donors (Lipinski definition) is 1. The summed E-state index contributed by atoms with van der Waals surface area (Å²) in [4.78, 5) is 20.5. The van der Waals surface area contributed by atoms with Crippen LogP contribution >= 0.6 is 23.2 Å². The molecule has 37 heavy (non-hydrogen) atoms. The zero-order chi connectivity index (χ0) is 25.4. The highest BCUT2D eigenvalue weighted by Crippen LogP contribution is 2.47. The molecule has 5 aromatic rings. The van der Waals surface area contributed by atoms with Crippen molar-refractivity contribution in [1.82, 2.24) is 4.98 Å². The lowest BCUT2D eigenvalue weighted by atomic mass is 10.0. The third-order valence-electron chi connectivity index (χ3n) is 5.99. The van der Waals surface area contributed by atoms with Crippen molar-refractivity contribution in [2.45, 2.75) is 14.7 Å². The zero-order valence-corrected chi connectivity index (χ0v) is 21.6. The number of benzene rings is 4. The molecule has 0 radical (unpaired) electrons. The van der Waals surface area contributed by atoms with Gasteiger partial charge in [0.05, 0.1) is 5.56 Å². The van der Waals surface area contributed by atoms with Crippen molar-refractivity contribution in [3.05, 3.63) is 125 Å². The van der Waals surface area contributed by atoms with E-state index in [2.05, 4.69) is 34.6 Å². The van der Waals surface area contributed by atoms with Gasteiger partial charge in [-0.05, 0) is 66.2 Å². The Hall–Kier alpha value is -3.77. The molecule has 180 valence electrons. The summed E-state index contributed by atoms with van der Waals surface area (Å²) in [5.74, 6) is 1.37. The van der Waals surface area contributed by atoms with E-state index in [1.807, 2.05) is 66.7 Å². The summed E-state index contributed by atoms with van der Waals surface area (Å²) in [6, 6.07) is 33.3. The summed E-state index contributed by atoms with van der Waals surface area (Å²) < 4.78 is 6.21. The van der Waals surface area contributed by atoms with Gasteiger partial charge in [0.15, 0.2) is 16.4 Å². The number of aromatic nitrogens is 1. The van der Waals surface area contributed by atoms with Gasteiger partial charge in [-0.25, -0.2) is 4.98 Å². The number of amides is 1. The Morgan fingerprint density at radius 1 is 0.784 bits per heavy atom. The van der Waals surface area contributed by atoms with Crippen LogP contribution in [-0.2, 0) is 10.9 Å². The fraction of sp³-hybridized carbons (Fsp3) is 0. The molecule has 0 atom stereocenters. The van der Waals surface area contributed by atoms with Gasteiger partial charge in [0, 0.05) is 28.5 Å². The van der Waals surface area contributed by atoms with E-state index in [1.165, 1.54) is 0 Å². The molecule has 7 heteroatoms. The highest BCUT2D eigenvalue weighted by molar-refractivity contribution is 7.97. The van der Waals surface area contributed by atoms with E-state index in [4.69, 9.17) is 27.9 Å². The van der Waals surface area contributed by atoms with Crippen molar-refractivity contribution in [2.75, 3.05) is 5.32 Å². The van der Waals surface area contributed by atoms with Crippen molar-refractivity contribution in [3.8, 4) is 22.6 Å². The summed E-state index contributed by atoms with van der Waals surface area (Å²) in [5, 5.41) is 3.83. The molecular formula is C30H19Cl2N2O2S+. The number of pyridine rings is 1. The number of ether oxygens (including phenoxy) is 1. The first-order valence-corrected chi connectivity index (χ1v) is 13.5. The second-order valence-corrected chi connectivity index (χ2v) is 11.1. The lowest BCUT2D eigenvalue weighted by Crippen LogP contribution is -2.15. The van der Waals surface area contributed by atoms with Crippen LogP contribution in [0.5, 0.6) is 11.5 Å². The van der Waals surface area contributed by atoms with Gasteiger partial charge in [-0.2, -0.15) is 0 Å². The number of carbonyl (C=O) groups is 1. The number of para-hydroxylation sites is 2. The van der Waals surface area contributed by atoms with Crippen molar-refractivity contribution >= 4 is 45.7 Å². The maximum Gasteiger partial charge on any atom is 0.258 e. The smallest absolute Gasteiger partial charge is 0.258 e.